The zero-order valence-electron chi connectivity index (χ0n) is 33.7. The van der Waals surface area contributed by atoms with Gasteiger partial charge in [0.2, 0.25) is 0 Å². The van der Waals surface area contributed by atoms with Gasteiger partial charge in [0.15, 0.2) is 0 Å². The molecule has 10 heteroatoms. The van der Waals surface area contributed by atoms with Gasteiger partial charge in [-0.2, -0.15) is 0 Å². The van der Waals surface area contributed by atoms with Crippen molar-refractivity contribution in [2.24, 2.45) is 24.3 Å². The number of benzene rings is 2. The highest BCUT2D eigenvalue weighted by molar-refractivity contribution is 5.62. The normalized spacial score (nSPS) is 22.3. The number of hydrogen-bond donors (Lipinski definition) is 0. The molecule has 7 rings (SSSR count). The average molecular weight is 773 g/mol. The Morgan fingerprint density at radius 1 is 0.807 bits per heavy atom. The van der Waals surface area contributed by atoms with E-state index in [-0.39, 0.29) is 59.3 Å². The molecule has 2 saturated heterocycles. The molecule has 5 unspecified atom stereocenters. The van der Waals surface area contributed by atoms with Gasteiger partial charge in [-0.25, -0.2) is 0 Å². The Labute approximate surface area is 335 Å². The summed E-state index contributed by atoms with van der Waals surface area (Å²) in [5.41, 5.74) is 5.00. The topological polar surface area (TPSA) is 99.4 Å². The molecular formula is C47H52N2O8. The second kappa shape index (κ2) is 17.6. The molecule has 10 nitrogen and oxygen atoms in total. The second-order valence-corrected chi connectivity index (χ2v) is 16.2. The fraction of sp³-hybridized carbons (Fsp3) is 0.447. The van der Waals surface area contributed by atoms with E-state index in [2.05, 4.69) is 44.5 Å². The molecule has 4 aromatic rings. The largest absolute Gasteiger partial charge is 0.491 e. The van der Waals surface area contributed by atoms with Crippen molar-refractivity contribution in [3.63, 3.8) is 0 Å². The standard InChI is InChI=1S/C47H52N2O8/c1-31-21-38(25-46(51)49(31)32(2)35-12-7-34(8-13-35)17-18-47(3,4)5)56-29-41-27-53-30-44(57-41)42-22-37(42)16-11-33-9-14-36(15-10-33)43-23-39(24-45(50)48(43)6)55-28-40-26-52-19-20-54-40/h7-10,12-15,21,23-25,32,37,40-42,44H,19-20,22,26-30H2,1-6H3/t32?,37?,40-,41?,42?,44?/m1/s1. The van der Waals surface area contributed by atoms with Crippen molar-refractivity contribution in [2.45, 2.75) is 65.4 Å². The third-order valence-corrected chi connectivity index (χ3v) is 10.4. The van der Waals surface area contributed by atoms with Crippen LogP contribution < -0.4 is 20.6 Å². The summed E-state index contributed by atoms with van der Waals surface area (Å²) in [6.07, 6.45) is 0.479. The maximum atomic E-state index is 13.3. The lowest BCUT2D eigenvalue weighted by Crippen LogP contribution is -2.41. The molecule has 2 aromatic carbocycles. The number of nitrogens with zero attached hydrogens (tertiary/aromatic N) is 2. The first kappa shape index (κ1) is 40.1. The van der Waals surface area contributed by atoms with Crippen molar-refractivity contribution in [3.05, 3.63) is 116 Å². The van der Waals surface area contributed by atoms with Crippen LogP contribution in [0.5, 0.6) is 11.5 Å². The van der Waals surface area contributed by atoms with E-state index in [0.29, 0.717) is 51.1 Å². The first-order chi connectivity index (χ1) is 27.4. The summed E-state index contributed by atoms with van der Waals surface area (Å²) in [5.74, 6) is 14.8. The van der Waals surface area contributed by atoms with Gasteiger partial charge >= 0.3 is 0 Å². The Kier molecular flexibility index (Phi) is 12.4. The molecule has 0 spiro atoms. The van der Waals surface area contributed by atoms with Crippen molar-refractivity contribution in [3.8, 4) is 46.4 Å². The van der Waals surface area contributed by atoms with E-state index in [4.69, 9.17) is 28.4 Å². The van der Waals surface area contributed by atoms with Crippen LogP contribution in [0.25, 0.3) is 11.3 Å². The highest BCUT2D eigenvalue weighted by Gasteiger charge is 2.45. The molecule has 298 valence electrons. The second-order valence-electron chi connectivity index (χ2n) is 16.2. The maximum Gasteiger partial charge on any atom is 0.254 e. The Bertz CT molecular complexity index is 2280. The van der Waals surface area contributed by atoms with Gasteiger partial charge in [0.05, 0.1) is 50.9 Å². The van der Waals surface area contributed by atoms with E-state index in [0.717, 1.165) is 40.1 Å². The van der Waals surface area contributed by atoms with Crippen LogP contribution in [0.2, 0.25) is 0 Å². The van der Waals surface area contributed by atoms with Crippen LogP contribution in [0.1, 0.15) is 62.5 Å². The molecule has 57 heavy (non-hydrogen) atoms. The van der Waals surface area contributed by atoms with E-state index < -0.39 is 0 Å². The summed E-state index contributed by atoms with van der Waals surface area (Å²) in [5, 5.41) is 0. The van der Waals surface area contributed by atoms with E-state index >= 15 is 0 Å². The third kappa shape index (κ3) is 10.5. The number of rotatable bonds is 10. The summed E-state index contributed by atoms with van der Waals surface area (Å²) in [6.45, 7) is 13.4. The minimum Gasteiger partial charge on any atom is -0.491 e. The summed E-state index contributed by atoms with van der Waals surface area (Å²) in [4.78, 5) is 26.0. The predicted molar refractivity (Wildman–Crippen MR) is 219 cm³/mol. The van der Waals surface area contributed by atoms with E-state index in [1.165, 1.54) is 6.07 Å². The molecule has 1 saturated carbocycles. The fourth-order valence-electron chi connectivity index (χ4n) is 7.14. The lowest BCUT2D eigenvalue weighted by atomic mass is 9.97. The van der Waals surface area contributed by atoms with Crippen molar-refractivity contribution < 1.29 is 28.4 Å². The lowest BCUT2D eigenvalue weighted by molar-refractivity contribution is -0.154. The molecule has 0 amide bonds. The van der Waals surface area contributed by atoms with Gasteiger partial charge in [-0.05, 0) is 82.5 Å². The molecular weight excluding hydrogens is 721 g/mol. The molecule has 2 aromatic heterocycles. The maximum absolute atomic E-state index is 13.3. The molecule has 6 atom stereocenters. The van der Waals surface area contributed by atoms with Gasteiger partial charge in [-0.1, -0.05) is 47.9 Å². The summed E-state index contributed by atoms with van der Waals surface area (Å²) < 4.78 is 38.9. The minimum absolute atomic E-state index is 0.0654. The van der Waals surface area contributed by atoms with Gasteiger partial charge in [-0.3, -0.25) is 9.59 Å². The first-order valence-electron chi connectivity index (χ1n) is 19.8. The van der Waals surface area contributed by atoms with E-state index in [1.54, 1.807) is 22.2 Å². The minimum atomic E-state index is -0.249. The Morgan fingerprint density at radius 3 is 2.18 bits per heavy atom. The van der Waals surface area contributed by atoms with Gasteiger partial charge in [-0.15, -0.1) is 0 Å². The molecule has 0 radical (unpaired) electrons. The zero-order chi connectivity index (χ0) is 40.1. The molecule has 1 aliphatic carbocycles. The zero-order valence-corrected chi connectivity index (χ0v) is 33.7. The Hall–Kier alpha value is -5.10. The van der Waals surface area contributed by atoms with Crippen LogP contribution in [-0.4, -0.2) is 73.7 Å². The van der Waals surface area contributed by atoms with Crippen molar-refractivity contribution in [1.82, 2.24) is 9.13 Å². The number of ether oxygens (including phenoxy) is 6. The van der Waals surface area contributed by atoms with Crippen LogP contribution >= 0.6 is 0 Å². The van der Waals surface area contributed by atoms with Crippen LogP contribution in [0.3, 0.4) is 0 Å². The highest BCUT2D eigenvalue weighted by Crippen LogP contribution is 2.43. The molecule has 3 aliphatic rings. The molecule has 4 heterocycles. The fourth-order valence-corrected chi connectivity index (χ4v) is 7.14. The lowest BCUT2D eigenvalue weighted by Gasteiger charge is -2.30. The summed E-state index contributed by atoms with van der Waals surface area (Å²) >= 11 is 0. The van der Waals surface area contributed by atoms with Crippen molar-refractivity contribution in [1.29, 1.82) is 0 Å². The van der Waals surface area contributed by atoms with E-state index in [9.17, 15) is 9.59 Å². The third-order valence-electron chi connectivity index (χ3n) is 10.4. The Morgan fingerprint density at radius 2 is 1.47 bits per heavy atom. The molecule has 0 N–H and O–H groups in total. The smallest absolute Gasteiger partial charge is 0.254 e. The number of pyridine rings is 2. The van der Waals surface area contributed by atoms with Gasteiger partial charge in [0.1, 0.15) is 36.9 Å². The monoisotopic (exact) mass is 772 g/mol. The van der Waals surface area contributed by atoms with Gasteiger partial charge < -0.3 is 37.6 Å². The van der Waals surface area contributed by atoms with Crippen LogP contribution in [0, 0.1) is 47.9 Å². The van der Waals surface area contributed by atoms with Crippen molar-refractivity contribution >= 4 is 0 Å². The number of hydrogen-bond acceptors (Lipinski definition) is 8. The first-order valence-corrected chi connectivity index (χ1v) is 19.8. The molecule has 2 aliphatic heterocycles. The van der Waals surface area contributed by atoms with E-state index in [1.807, 2.05) is 74.5 Å². The van der Waals surface area contributed by atoms with Crippen LogP contribution in [0.4, 0.5) is 0 Å². The van der Waals surface area contributed by atoms with Crippen LogP contribution in [-0.2, 0) is 26.0 Å². The van der Waals surface area contributed by atoms with Crippen molar-refractivity contribution in [2.75, 3.05) is 46.2 Å². The highest BCUT2D eigenvalue weighted by atomic mass is 16.6. The summed E-state index contributed by atoms with van der Waals surface area (Å²) in [7, 11) is 1.75. The Balaban J connectivity index is 0.905. The molecule has 0 bridgehead atoms. The quantitative estimate of drug-likeness (QED) is 0.177. The SMILES string of the molecule is Cc1cc(OCC2COCC(C3CC3C#Cc3ccc(-c4cc(OC[C@H]5COCCO5)cc(=O)n4C)cc3)O2)cc(=O)n1C(C)c1ccc(C#CC(C)(C)C)cc1. The average Bonchev–Trinajstić information content (AvgIpc) is 3.99. The van der Waals surface area contributed by atoms with Crippen LogP contribution in [0.15, 0.2) is 82.4 Å². The predicted octanol–water partition coefficient (Wildman–Crippen LogP) is 6.17. The number of aryl methyl sites for hydroxylation is 1. The summed E-state index contributed by atoms with van der Waals surface area (Å²) in [6, 6.07) is 22.6. The van der Waals surface area contributed by atoms with Gasteiger partial charge in [0.25, 0.3) is 11.1 Å². The van der Waals surface area contributed by atoms with Gasteiger partial charge in [0, 0.05) is 59.3 Å². The molecule has 3 fully saturated rings. The number of aromatic nitrogens is 2.